The number of benzene rings is 2. The molecule has 2 nitrogen and oxygen atoms in total. The van der Waals surface area contributed by atoms with Crippen LogP contribution in [-0.2, 0) is 22.7 Å². The highest BCUT2D eigenvalue weighted by atomic mass is 16.5. The van der Waals surface area contributed by atoms with Gasteiger partial charge in [-0.15, -0.1) is 0 Å². The summed E-state index contributed by atoms with van der Waals surface area (Å²) in [5.74, 6) is 1.03. The third kappa shape index (κ3) is 14.0. The van der Waals surface area contributed by atoms with Gasteiger partial charge in [0.25, 0.3) is 0 Å². The van der Waals surface area contributed by atoms with Crippen LogP contribution in [0.5, 0.6) is 0 Å². The molecule has 1 unspecified atom stereocenters. The highest BCUT2D eigenvalue weighted by molar-refractivity contribution is 5.14. The molecular weight excluding hydrogens is 476 g/mol. The Labute approximate surface area is 241 Å². The van der Waals surface area contributed by atoms with Gasteiger partial charge in [-0.3, -0.25) is 0 Å². The van der Waals surface area contributed by atoms with Crippen molar-refractivity contribution in [1.82, 2.24) is 0 Å². The number of unbranched alkanes of at least 4 members (excludes halogenated alkanes) is 12. The molecular formula is C37H58O2. The van der Waals surface area contributed by atoms with Crippen LogP contribution < -0.4 is 0 Å². The first-order chi connectivity index (χ1) is 19.3. The minimum absolute atomic E-state index is 0.737. The smallest absolute Gasteiger partial charge is 0.0716 e. The van der Waals surface area contributed by atoms with E-state index in [9.17, 15) is 0 Å². The normalized spacial score (nSPS) is 16.0. The Morgan fingerprint density at radius 3 is 1.31 bits per heavy atom. The second-order valence-corrected chi connectivity index (χ2v) is 12.2. The van der Waals surface area contributed by atoms with Crippen molar-refractivity contribution in [3.8, 4) is 0 Å². The maximum Gasteiger partial charge on any atom is 0.0716 e. The van der Waals surface area contributed by atoms with Crippen molar-refractivity contribution >= 4 is 0 Å². The Kier molecular flexibility index (Phi) is 16.6. The molecule has 0 saturated heterocycles. The monoisotopic (exact) mass is 534 g/mol. The summed E-state index contributed by atoms with van der Waals surface area (Å²) in [4.78, 5) is 0. The van der Waals surface area contributed by atoms with Gasteiger partial charge in [-0.25, -0.2) is 0 Å². The van der Waals surface area contributed by atoms with E-state index in [-0.39, 0.29) is 0 Å². The van der Waals surface area contributed by atoms with E-state index in [0.717, 1.165) is 37.8 Å². The first-order valence-electron chi connectivity index (χ1n) is 16.6. The predicted octanol–water partition coefficient (Wildman–Crippen LogP) is 11.1. The van der Waals surface area contributed by atoms with E-state index in [0.29, 0.717) is 0 Å². The van der Waals surface area contributed by atoms with Gasteiger partial charge in [0.1, 0.15) is 0 Å². The first kappa shape index (κ1) is 31.9. The molecule has 0 bridgehead atoms. The van der Waals surface area contributed by atoms with Crippen molar-refractivity contribution < 1.29 is 9.47 Å². The van der Waals surface area contributed by atoms with Gasteiger partial charge in [0.15, 0.2) is 0 Å². The lowest BCUT2D eigenvalue weighted by Crippen LogP contribution is -2.05. The standard InChI is InChI=1S/C37H58O2/c1-2-36-31-37(36,27-19-9-5-3-7-11-21-29-38-32-34-23-15-13-16-24-34)28-20-10-6-4-8-12-22-30-39-33-35-25-17-14-18-26-35/h13-18,23-26,36H,2-12,19-22,27-33H2,1H3. The van der Waals surface area contributed by atoms with E-state index < -0.39 is 0 Å². The van der Waals surface area contributed by atoms with E-state index in [1.807, 2.05) is 0 Å². The Hall–Kier alpha value is -1.64. The minimum atomic E-state index is 0.737. The van der Waals surface area contributed by atoms with E-state index in [1.165, 1.54) is 127 Å². The Morgan fingerprint density at radius 2 is 0.923 bits per heavy atom. The number of ether oxygens (including phenoxy) is 2. The molecule has 1 atom stereocenters. The summed E-state index contributed by atoms with van der Waals surface area (Å²) < 4.78 is 11.6. The Morgan fingerprint density at radius 1 is 0.538 bits per heavy atom. The van der Waals surface area contributed by atoms with Crippen LogP contribution in [0.25, 0.3) is 0 Å². The third-order valence-electron chi connectivity index (χ3n) is 9.00. The van der Waals surface area contributed by atoms with Crippen LogP contribution in [0.2, 0.25) is 0 Å². The third-order valence-corrected chi connectivity index (χ3v) is 9.00. The largest absolute Gasteiger partial charge is 0.377 e. The van der Waals surface area contributed by atoms with Gasteiger partial charge in [-0.2, -0.15) is 0 Å². The van der Waals surface area contributed by atoms with E-state index >= 15 is 0 Å². The van der Waals surface area contributed by atoms with Crippen molar-refractivity contribution in [3.05, 3.63) is 71.8 Å². The number of hydrogen-bond donors (Lipinski definition) is 0. The molecule has 0 N–H and O–H groups in total. The number of rotatable bonds is 25. The van der Waals surface area contributed by atoms with Crippen molar-refractivity contribution in [2.45, 2.75) is 136 Å². The van der Waals surface area contributed by atoms with Gasteiger partial charge in [-0.1, -0.05) is 151 Å². The molecule has 39 heavy (non-hydrogen) atoms. The van der Waals surface area contributed by atoms with Crippen molar-refractivity contribution in [2.75, 3.05) is 13.2 Å². The van der Waals surface area contributed by atoms with E-state index in [1.54, 1.807) is 0 Å². The topological polar surface area (TPSA) is 18.5 Å². The van der Waals surface area contributed by atoms with Gasteiger partial charge in [-0.05, 0) is 54.6 Å². The summed E-state index contributed by atoms with van der Waals surface area (Å²) in [6.45, 7) is 5.74. The van der Waals surface area contributed by atoms with Crippen molar-refractivity contribution in [1.29, 1.82) is 0 Å². The first-order valence-corrected chi connectivity index (χ1v) is 16.6. The summed E-state index contributed by atoms with van der Waals surface area (Å²) in [5.41, 5.74) is 3.30. The van der Waals surface area contributed by atoms with Crippen LogP contribution in [0.1, 0.15) is 134 Å². The number of hydrogen-bond acceptors (Lipinski definition) is 2. The van der Waals surface area contributed by atoms with E-state index in [2.05, 4.69) is 67.6 Å². The Balaban J connectivity index is 1.08. The fourth-order valence-electron chi connectivity index (χ4n) is 6.41. The van der Waals surface area contributed by atoms with Crippen LogP contribution in [0.4, 0.5) is 0 Å². The van der Waals surface area contributed by atoms with Crippen LogP contribution in [0.3, 0.4) is 0 Å². The fourth-order valence-corrected chi connectivity index (χ4v) is 6.41. The van der Waals surface area contributed by atoms with Gasteiger partial charge >= 0.3 is 0 Å². The molecule has 1 aliphatic rings. The lowest BCUT2D eigenvalue weighted by atomic mass is 9.88. The molecule has 0 aliphatic heterocycles. The molecule has 0 amide bonds. The second-order valence-electron chi connectivity index (χ2n) is 12.2. The summed E-state index contributed by atoms with van der Waals surface area (Å²) in [6.07, 6.45) is 25.2. The van der Waals surface area contributed by atoms with Gasteiger partial charge < -0.3 is 9.47 Å². The summed E-state index contributed by atoms with van der Waals surface area (Å²) in [5, 5.41) is 0. The lowest BCUT2D eigenvalue weighted by molar-refractivity contribution is 0.116. The van der Waals surface area contributed by atoms with Gasteiger partial charge in [0.05, 0.1) is 13.2 Å². The second kappa shape index (κ2) is 20.3. The summed E-state index contributed by atoms with van der Waals surface area (Å²) in [6, 6.07) is 21.0. The molecule has 0 radical (unpaired) electrons. The summed E-state index contributed by atoms with van der Waals surface area (Å²) >= 11 is 0. The van der Waals surface area contributed by atoms with Crippen molar-refractivity contribution in [2.24, 2.45) is 11.3 Å². The molecule has 0 heterocycles. The van der Waals surface area contributed by atoms with Crippen LogP contribution in [0, 0.1) is 11.3 Å². The summed E-state index contributed by atoms with van der Waals surface area (Å²) in [7, 11) is 0. The van der Waals surface area contributed by atoms with Crippen LogP contribution in [0.15, 0.2) is 60.7 Å². The predicted molar refractivity (Wildman–Crippen MR) is 167 cm³/mol. The SMILES string of the molecule is CCC1CC1(CCCCCCCCCOCc1ccccc1)CCCCCCCCCOCc1ccccc1. The van der Waals surface area contributed by atoms with Crippen molar-refractivity contribution in [3.63, 3.8) is 0 Å². The average molecular weight is 535 g/mol. The molecule has 3 rings (SSSR count). The molecule has 2 heteroatoms. The molecule has 2 aromatic rings. The quantitative estimate of drug-likeness (QED) is 0.118. The maximum absolute atomic E-state index is 5.82. The maximum atomic E-state index is 5.82. The molecule has 1 saturated carbocycles. The zero-order valence-corrected chi connectivity index (χ0v) is 25.2. The zero-order valence-electron chi connectivity index (χ0n) is 25.2. The van der Waals surface area contributed by atoms with Crippen LogP contribution in [-0.4, -0.2) is 13.2 Å². The highest BCUT2D eigenvalue weighted by Crippen LogP contribution is 2.61. The lowest BCUT2D eigenvalue weighted by Gasteiger charge is -2.17. The molecule has 218 valence electrons. The fraction of sp³-hybridized carbons (Fsp3) is 0.676. The van der Waals surface area contributed by atoms with Crippen LogP contribution >= 0.6 is 0 Å². The van der Waals surface area contributed by atoms with Gasteiger partial charge in [0, 0.05) is 13.2 Å². The van der Waals surface area contributed by atoms with Gasteiger partial charge in [0.2, 0.25) is 0 Å². The molecule has 0 aromatic heterocycles. The molecule has 2 aromatic carbocycles. The van der Waals surface area contributed by atoms with E-state index in [4.69, 9.17) is 9.47 Å². The molecule has 1 aliphatic carbocycles. The molecule has 1 fully saturated rings. The molecule has 0 spiro atoms. The average Bonchev–Trinajstić information content (AvgIpc) is 3.68. The zero-order chi connectivity index (χ0) is 27.3. The highest BCUT2D eigenvalue weighted by Gasteiger charge is 2.50. The Bertz CT molecular complexity index is 756. The minimum Gasteiger partial charge on any atom is -0.377 e.